The molecule has 0 spiro atoms. The first-order valence-electron chi connectivity index (χ1n) is 5.94. The van der Waals surface area contributed by atoms with Crippen LogP contribution in [0.4, 0.5) is 0 Å². The van der Waals surface area contributed by atoms with Crippen LogP contribution in [-0.4, -0.2) is 45.1 Å². The first kappa shape index (κ1) is 15.9. The molecule has 2 N–H and O–H groups in total. The van der Waals surface area contributed by atoms with E-state index < -0.39 is 10.2 Å². The van der Waals surface area contributed by atoms with Crippen LogP contribution in [0.1, 0.15) is 12.0 Å². The van der Waals surface area contributed by atoms with Crippen molar-refractivity contribution >= 4 is 10.2 Å². The molecule has 19 heavy (non-hydrogen) atoms. The van der Waals surface area contributed by atoms with Crippen molar-refractivity contribution in [1.82, 2.24) is 9.03 Å². The van der Waals surface area contributed by atoms with Gasteiger partial charge in [0.2, 0.25) is 0 Å². The average Bonchev–Trinajstić information content (AvgIpc) is 2.43. The van der Waals surface area contributed by atoms with Gasteiger partial charge in [0, 0.05) is 26.7 Å². The molecule has 0 aromatic heterocycles. The van der Waals surface area contributed by atoms with Crippen molar-refractivity contribution < 1.29 is 18.3 Å². The summed E-state index contributed by atoms with van der Waals surface area (Å²) in [5.74, 6) is 0.728. The summed E-state index contributed by atoms with van der Waals surface area (Å²) in [6, 6.07) is 7.16. The third-order valence-electron chi connectivity index (χ3n) is 2.66. The Morgan fingerprint density at radius 1 is 1.32 bits per heavy atom. The normalized spacial score (nSPS) is 11.8. The molecule has 0 saturated heterocycles. The molecule has 0 bridgehead atoms. The lowest BCUT2D eigenvalue weighted by Gasteiger charge is -2.17. The number of hydrogen-bond acceptors (Lipinski definition) is 4. The zero-order valence-electron chi connectivity index (χ0n) is 11.2. The fourth-order valence-electron chi connectivity index (χ4n) is 1.44. The number of rotatable bonds is 8. The van der Waals surface area contributed by atoms with Gasteiger partial charge in [0.1, 0.15) is 5.75 Å². The average molecular weight is 288 g/mol. The van der Waals surface area contributed by atoms with Gasteiger partial charge in [-0.3, -0.25) is 0 Å². The largest absolute Gasteiger partial charge is 0.497 e. The van der Waals surface area contributed by atoms with Crippen LogP contribution >= 0.6 is 0 Å². The van der Waals surface area contributed by atoms with E-state index in [-0.39, 0.29) is 19.7 Å². The summed E-state index contributed by atoms with van der Waals surface area (Å²) in [5.41, 5.74) is 0.847. The highest BCUT2D eigenvalue weighted by Gasteiger charge is 2.16. The molecule has 6 nitrogen and oxygen atoms in total. The molecule has 108 valence electrons. The molecule has 1 aromatic rings. The predicted molar refractivity (Wildman–Crippen MR) is 73.1 cm³/mol. The molecule has 0 atom stereocenters. The summed E-state index contributed by atoms with van der Waals surface area (Å²) in [6.45, 7) is 0.475. The lowest BCUT2D eigenvalue weighted by Crippen LogP contribution is -2.38. The minimum absolute atomic E-state index is 0.0294. The second-order valence-corrected chi connectivity index (χ2v) is 5.94. The van der Waals surface area contributed by atoms with Crippen molar-refractivity contribution in [3.63, 3.8) is 0 Å². The summed E-state index contributed by atoms with van der Waals surface area (Å²) >= 11 is 0. The SMILES string of the molecule is COc1ccc(CNS(=O)(=O)N(C)CCCO)cc1. The molecule has 0 fully saturated rings. The molecule has 0 radical (unpaired) electrons. The molecular weight excluding hydrogens is 268 g/mol. The Kier molecular flexibility index (Phi) is 6.23. The van der Waals surface area contributed by atoms with Gasteiger partial charge in [-0.2, -0.15) is 17.4 Å². The number of hydrogen-bond donors (Lipinski definition) is 2. The van der Waals surface area contributed by atoms with Crippen LogP contribution in [0.3, 0.4) is 0 Å². The van der Waals surface area contributed by atoms with Gasteiger partial charge in [0.25, 0.3) is 10.2 Å². The molecule has 0 heterocycles. The zero-order chi connectivity index (χ0) is 14.3. The van der Waals surface area contributed by atoms with Crippen LogP contribution < -0.4 is 9.46 Å². The van der Waals surface area contributed by atoms with Crippen molar-refractivity contribution in [3.8, 4) is 5.75 Å². The molecule has 0 unspecified atom stereocenters. The molecule has 1 rings (SSSR count). The van der Waals surface area contributed by atoms with E-state index in [1.54, 1.807) is 31.4 Å². The number of aliphatic hydroxyl groups is 1. The molecule has 0 aliphatic heterocycles. The van der Waals surface area contributed by atoms with E-state index in [2.05, 4.69) is 4.72 Å². The number of nitrogens with zero attached hydrogens (tertiary/aromatic N) is 1. The van der Waals surface area contributed by atoms with E-state index in [9.17, 15) is 8.42 Å². The first-order chi connectivity index (χ1) is 8.99. The molecule has 0 saturated carbocycles. The molecule has 0 aliphatic rings. The van der Waals surface area contributed by atoms with E-state index in [1.807, 2.05) is 0 Å². The van der Waals surface area contributed by atoms with Crippen molar-refractivity contribution in [3.05, 3.63) is 29.8 Å². The van der Waals surface area contributed by atoms with Gasteiger partial charge < -0.3 is 9.84 Å². The molecule has 0 aliphatic carbocycles. The Bertz CT molecular complexity index is 473. The van der Waals surface area contributed by atoms with Gasteiger partial charge in [-0.05, 0) is 24.1 Å². The van der Waals surface area contributed by atoms with Gasteiger partial charge in [0.05, 0.1) is 7.11 Å². The lowest BCUT2D eigenvalue weighted by atomic mass is 10.2. The third kappa shape index (κ3) is 5.15. The van der Waals surface area contributed by atoms with Crippen LogP contribution in [0.5, 0.6) is 5.75 Å². The summed E-state index contributed by atoms with van der Waals surface area (Å²) in [4.78, 5) is 0. The van der Waals surface area contributed by atoms with Crippen LogP contribution in [0.25, 0.3) is 0 Å². The maximum absolute atomic E-state index is 11.8. The third-order valence-corrected chi connectivity index (χ3v) is 4.17. The summed E-state index contributed by atoms with van der Waals surface area (Å²) < 4.78 is 32.4. The minimum atomic E-state index is -3.51. The quantitative estimate of drug-likeness (QED) is 0.723. The Hall–Kier alpha value is -1.15. The highest BCUT2D eigenvalue weighted by molar-refractivity contribution is 7.87. The van der Waals surface area contributed by atoms with Crippen molar-refractivity contribution in [2.45, 2.75) is 13.0 Å². The van der Waals surface area contributed by atoms with Crippen molar-refractivity contribution in [2.75, 3.05) is 27.3 Å². The predicted octanol–water partition coefficient (Wildman–Crippen LogP) is 0.344. The smallest absolute Gasteiger partial charge is 0.279 e. The maximum atomic E-state index is 11.8. The second-order valence-electron chi connectivity index (χ2n) is 4.07. The number of benzene rings is 1. The zero-order valence-corrected chi connectivity index (χ0v) is 12.0. The summed E-state index contributed by atoms with van der Waals surface area (Å²) in [6.07, 6.45) is 0.417. The van der Waals surface area contributed by atoms with Gasteiger partial charge >= 0.3 is 0 Å². The Morgan fingerprint density at radius 2 is 1.95 bits per heavy atom. The summed E-state index contributed by atoms with van der Waals surface area (Å²) in [5, 5.41) is 8.68. The van der Waals surface area contributed by atoms with Gasteiger partial charge in [-0.25, -0.2) is 0 Å². The topological polar surface area (TPSA) is 78.9 Å². The Labute approximate surface area is 114 Å². The number of nitrogens with one attached hydrogen (secondary N) is 1. The van der Waals surface area contributed by atoms with E-state index in [0.717, 1.165) is 11.3 Å². The van der Waals surface area contributed by atoms with E-state index >= 15 is 0 Å². The Morgan fingerprint density at radius 3 is 2.47 bits per heavy atom. The number of ether oxygens (including phenoxy) is 1. The standard InChI is InChI=1S/C12H20N2O4S/c1-14(8-3-9-15)19(16,17)13-10-11-4-6-12(18-2)7-5-11/h4-7,13,15H,3,8-10H2,1-2H3. The van der Waals surface area contributed by atoms with Gasteiger partial charge in [0.15, 0.2) is 0 Å². The second kappa shape index (κ2) is 7.44. The van der Waals surface area contributed by atoms with E-state index in [0.29, 0.717) is 6.42 Å². The van der Waals surface area contributed by atoms with Crippen molar-refractivity contribution in [1.29, 1.82) is 0 Å². The van der Waals surface area contributed by atoms with Crippen LogP contribution in [0, 0.1) is 0 Å². The van der Waals surface area contributed by atoms with Crippen LogP contribution in [-0.2, 0) is 16.8 Å². The monoisotopic (exact) mass is 288 g/mol. The highest BCUT2D eigenvalue weighted by atomic mass is 32.2. The van der Waals surface area contributed by atoms with Gasteiger partial charge in [-0.1, -0.05) is 12.1 Å². The van der Waals surface area contributed by atoms with Crippen LogP contribution in [0.15, 0.2) is 24.3 Å². The Balaban J connectivity index is 2.54. The maximum Gasteiger partial charge on any atom is 0.279 e. The fraction of sp³-hybridized carbons (Fsp3) is 0.500. The molecular formula is C12H20N2O4S. The highest BCUT2D eigenvalue weighted by Crippen LogP contribution is 2.11. The van der Waals surface area contributed by atoms with Gasteiger partial charge in [-0.15, -0.1) is 0 Å². The lowest BCUT2D eigenvalue weighted by molar-refractivity contribution is 0.275. The molecule has 1 aromatic carbocycles. The molecule has 0 amide bonds. The minimum Gasteiger partial charge on any atom is -0.497 e. The fourth-order valence-corrected chi connectivity index (χ4v) is 2.38. The molecule has 7 heteroatoms. The van der Waals surface area contributed by atoms with E-state index in [4.69, 9.17) is 9.84 Å². The number of methoxy groups -OCH3 is 1. The van der Waals surface area contributed by atoms with Crippen LogP contribution in [0.2, 0.25) is 0 Å². The summed E-state index contributed by atoms with van der Waals surface area (Å²) in [7, 11) is -0.450. The number of aliphatic hydroxyl groups excluding tert-OH is 1. The van der Waals surface area contributed by atoms with Crippen molar-refractivity contribution in [2.24, 2.45) is 0 Å². The first-order valence-corrected chi connectivity index (χ1v) is 7.38. The van der Waals surface area contributed by atoms with E-state index in [1.165, 1.54) is 11.4 Å².